The molecule has 14 nitrogen and oxygen atoms in total. The van der Waals surface area contributed by atoms with Gasteiger partial charge in [0.25, 0.3) is 23.6 Å². The van der Waals surface area contributed by atoms with Gasteiger partial charge >= 0.3 is 0 Å². The minimum absolute atomic E-state index is 0.233. The van der Waals surface area contributed by atoms with Crippen LogP contribution >= 0.6 is 0 Å². The maximum Gasteiger partial charge on any atom is 0.274 e. The van der Waals surface area contributed by atoms with Crippen LogP contribution in [0.15, 0.2) is 73.2 Å². The Morgan fingerprint density at radius 1 is 0.688 bits per heavy atom. The van der Waals surface area contributed by atoms with E-state index in [0.29, 0.717) is 59.4 Å². The standard InChI is InChI=1S/C34H37N9O5/c1-40-20-24(16-28(40)32(45)35-10-11-43-12-14-48-15-13-43)37-34(47)30-18-25(21-42(30)3)38-33(46)29-17-23(19-41(29)2)36-31(44)27-9-8-22-6-4-5-7-26(22)39-27/h4-9,16-21H,10-15H2,1-3H3,(H,35,45)(H,36,44)(H,37,47)(H,38,46). The summed E-state index contributed by atoms with van der Waals surface area (Å²) >= 11 is 0. The third-order valence-electron chi connectivity index (χ3n) is 8.13. The van der Waals surface area contributed by atoms with Crippen LogP contribution in [0.5, 0.6) is 0 Å². The van der Waals surface area contributed by atoms with Crippen molar-refractivity contribution in [3.8, 4) is 0 Å². The first-order valence-corrected chi connectivity index (χ1v) is 15.5. The Morgan fingerprint density at radius 3 is 1.79 bits per heavy atom. The molecule has 48 heavy (non-hydrogen) atoms. The molecule has 5 aromatic rings. The summed E-state index contributed by atoms with van der Waals surface area (Å²) in [6.45, 7) is 4.33. The van der Waals surface area contributed by atoms with E-state index in [1.165, 1.54) is 0 Å². The number of carbonyl (C=O) groups excluding carboxylic acids is 4. The molecule has 4 amide bonds. The highest BCUT2D eigenvalue weighted by Crippen LogP contribution is 2.20. The number of rotatable bonds is 10. The highest BCUT2D eigenvalue weighted by molar-refractivity contribution is 6.08. The van der Waals surface area contributed by atoms with Gasteiger partial charge in [-0.05, 0) is 30.3 Å². The quantitative estimate of drug-likeness (QED) is 0.181. The zero-order valence-electron chi connectivity index (χ0n) is 26.9. The van der Waals surface area contributed by atoms with Crippen LogP contribution < -0.4 is 21.3 Å². The Balaban J connectivity index is 1.05. The summed E-state index contributed by atoms with van der Waals surface area (Å²) in [5.41, 5.74) is 3.29. The van der Waals surface area contributed by atoms with E-state index in [-0.39, 0.29) is 11.6 Å². The van der Waals surface area contributed by atoms with Gasteiger partial charge in [-0.3, -0.25) is 24.1 Å². The van der Waals surface area contributed by atoms with E-state index in [9.17, 15) is 19.2 Å². The lowest BCUT2D eigenvalue weighted by Gasteiger charge is -2.26. The van der Waals surface area contributed by atoms with Crippen LogP contribution in [0.2, 0.25) is 0 Å². The van der Waals surface area contributed by atoms with E-state index in [2.05, 4.69) is 31.2 Å². The molecule has 0 spiro atoms. The zero-order valence-corrected chi connectivity index (χ0v) is 26.9. The lowest BCUT2D eigenvalue weighted by molar-refractivity contribution is 0.0383. The van der Waals surface area contributed by atoms with Gasteiger partial charge in [0, 0.05) is 71.3 Å². The number of ether oxygens (including phenoxy) is 1. The molecule has 4 N–H and O–H groups in total. The molecule has 5 heterocycles. The van der Waals surface area contributed by atoms with Gasteiger partial charge in [0.15, 0.2) is 0 Å². The van der Waals surface area contributed by atoms with Crippen molar-refractivity contribution < 1.29 is 23.9 Å². The van der Waals surface area contributed by atoms with Gasteiger partial charge in [-0.1, -0.05) is 24.3 Å². The predicted molar refractivity (Wildman–Crippen MR) is 181 cm³/mol. The molecule has 0 radical (unpaired) electrons. The van der Waals surface area contributed by atoms with Gasteiger partial charge in [-0.2, -0.15) is 0 Å². The summed E-state index contributed by atoms with van der Waals surface area (Å²) in [6.07, 6.45) is 4.93. The molecule has 0 unspecified atom stereocenters. The number of morpholine rings is 1. The summed E-state index contributed by atoms with van der Waals surface area (Å²) in [7, 11) is 5.13. The second-order valence-electron chi connectivity index (χ2n) is 11.6. The smallest absolute Gasteiger partial charge is 0.274 e. The summed E-state index contributed by atoms with van der Waals surface area (Å²) in [4.78, 5) is 58.7. The lowest BCUT2D eigenvalue weighted by Crippen LogP contribution is -2.41. The molecule has 1 aliphatic rings. The number of para-hydroxylation sites is 1. The van der Waals surface area contributed by atoms with Crippen molar-refractivity contribution in [3.05, 3.63) is 96.0 Å². The highest BCUT2D eigenvalue weighted by atomic mass is 16.5. The second kappa shape index (κ2) is 13.9. The van der Waals surface area contributed by atoms with E-state index in [1.807, 2.05) is 30.3 Å². The Kier molecular flexibility index (Phi) is 9.36. The third-order valence-corrected chi connectivity index (χ3v) is 8.13. The average Bonchev–Trinajstić information content (AvgIpc) is 3.76. The largest absolute Gasteiger partial charge is 0.379 e. The van der Waals surface area contributed by atoms with Crippen molar-refractivity contribution in [2.45, 2.75) is 0 Å². The molecule has 1 aromatic carbocycles. The first kappa shape index (κ1) is 32.2. The second-order valence-corrected chi connectivity index (χ2v) is 11.6. The van der Waals surface area contributed by atoms with Crippen LogP contribution in [0.4, 0.5) is 17.1 Å². The fourth-order valence-electron chi connectivity index (χ4n) is 5.60. The summed E-state index contributed by atoms with van der Waals surface area (Å²) in [5.74, 6) is -1.46. The summed E-state index contributed by atoms with van der Waals surface area (Å²) in [6, 6.07) is 15.8. The van der Waals surface area contributed by atoms with Crippen molar-refractivity contribution in [2.75, 3.05) is 55.3 Å². The number of anilines is 3. The number of pyridine rings is 1. The van der Waals surface area contributed by atoms with Crippen LogP contribution in [-0.2, 0) is 25.9 Å². The Hall–Kier alpha value is -5.73. The molecule has 1 fully saturated rings. The normalized spacial score (nSPS) is 13.3. The van der Waals surface area contributed by atoms with E-state index in [0.717, 1.165) is 25.0 Å². The molecule has 0 bridgehead atoms. The molecule has 1 aliphatic heterocycles. The van der Waals surface area contributed by atoms with Gasteiger partial charge in [0.2, 0.25) is 0 Å². The summed E-state index contributed by atoms with van der Waals surface area (Å²) < 4.78 is 10.2. The van der Waals surface area contributed by atoms with Crippen molar-refractivity contribution in [3.63, 3.8) is 0 Å². The fraction of sp³-hybridized carbons (Fsp3) is 0.265. The summed E-state index contributed by atoms with van der Waals surface area (Å²) in [5, 5.41) is 12.3. The number of carbonyl (C=O) groups is 4. The highest BCUT2D eigenvalue weighted by Gasteiger charge is 2.20. The van der Waals surface area contributed by atoms with Gasteiger partial charge < -0.3 is 39.7 Å². The SMILES string of the molecule is Cn1cc(NC(=O)c2cc(NC(=O)c3cc(NC(=O)c4ccc5ccccc5n4)cn3C)cn2C)cc1C(=O)NCCN1CCOCC1. The molecule has 0 saturated carbocycles. The molecule has 6 rings (SSSR count). The van der Waals surface area contributed by atoms with Crippen LogP contribution in [0.25, 0.3) is 10.9 Å². The minimum Gasteiger partial charge on any atom is -0.379 e. The minimum atomic E-state index is -0.424. The van der Waals surface area contributed by atoms with E-state index in [4.69, 9.17) is 4.74 Å². The fourth-order valence-corrected chi connectivity index (χ4v) is 5.60. The number of hydrogen-bond acceptors (Lipinski definition) is 7. The number of hydrogen-bond donors (Lipinski definition) is 4. The molecule has 0 aliphatic carbocycles. The maximum atomic E-state index is 13.2. The predicted octanol–water partition coefficient (Wildman–Crippen LogP) is 3.07. The number of aromatic nitrogens is 4. The monoisotopic (exact) mass is 651 g/mol. The number of fused-ring (bicyclic) bond motifs is 1. The maximum absolute atomic E-state index is 13.2. The zero-order chi connectivity index (χ0) is 33.8. The van der Waals surface area contributed by atoms with Gasteiger partial charge in [0.05, 0.1) is 35.8 Å². The van der Waals surface area contributed by atoms with Crippen molar-refractivity contribution in [1.82, 2.24) is 28.9 Å². The van der Waals surface area contributed by atoms with Crippen LogP contribution in [0, 0.1) is 0 Å². The molecular weight excluding hydrogens is 614 g/mol. The van der Waals surface area contributed by atoms with E-state index >= 15 is 0 Å². The molecule has 1 saturated heterocycles. The number of nitrogens with one attached hydrogen (secondary N) is 4. The van der Waals surface area contributed by atoms with Crippen molar-refractivity contribution in [1.29, 1.82) is 0 Å². The van der Waals surface area contributed by atoms with E-state index < -0.39 is 17.7 Å². The van der Waals surface area contributed by atoms with Crippen molar-refractivity contribution in [2.24, 2.45) is 21.1 Å². The molecule has 248 valence electrons. The first-order valence-electron chi connectivity index (χ1n) is 15.5. The molecule has 0 atom stereocenters. The van der Waals surface area contributed by atoms with Gasteiger partial charge in [0.1, 0.15) is 22.8 Å². The molecule has 14 heteroatoms. The van der Waals surface area contributed by atoms with Gasteiger partial charge in [-0.15, -0.1) is 0 Å². The first-order chi connectivity index (χ1) is 23.1. The number of nitrogens with zero attached hydrogens (tertiary/aromatic N) is 5. The van der Waals surface area contributed by atoms with Crippen LogP contribution in [-0.4, -0.2) is 86.6 Å². The lowest BCUT2D eigenvalue weighted by atomic mass is 10.2. The van der Waals surface area contributed by atoms with E-state index in [1.54, 1.807) is 77.7 Å². The van der Waals surface area contributed by atoms with Crippen LogP contribution in [0.1, 0.15) is 42.0 Å². The molecular formula is C34H37N9O5. The molecule has 4 aromatic heterocycles. The Bertz CT molecular complexity index is 2000. The Morgan fingerprint density at radius 2 is 1.21 bits per heavy atom. The number of aryl methyl sites for hydroxylation is 3. The number of amides is 4. The van der Waals surface area contributed by atoms with Crippen molar-refractivity contribution >= 4 is 51.6 Å². The third kappa shape index (κ3) is 7.29. The topological polar surface area (TPSA) is 157 Å². The number of benzene rings is 1. The average molecular weight is 652 g/mol. The van der Waals surface area contributed by atoms with Crippen LogP contribution in [0.3, 0.4) is 0 Å². The Labute approximate surface area is 276 Å². The van der Waals surface area contributed by atoms with Gasteiger partial charge in [-0.25, -0.2) is 4.98 Å².